The molecule has 2 aliphatic heterocycles. The molecule has 7 heteroatoms. The topological polar surface area (TPSA) is 59.1 Å². The molecular weight excluding hydrogens is 484 g/mol. The lowest BCUT2D eigenvalue weighted by Crippen LogP contribution is -2.37. The molecule has 33 heavy (non-hydrogen) atoms. The van der Waals surface area contributed by atoms with Crippen LogP contribution in [0, 0.1) is 5.92 Å². The maximum absolute atomic E-state index is 13.6. The number of hydroxylamine groups is 1. The molecule has 2 saturated heterocycles. The minimum atomic E-state index is -0.887. The summed E-state index contributed by atoms with van der Waals surface area (Å²) in [5.74, 6) is -0.569. The largest absolute Gasteiger partial charge is 0.494 e. The number of ether oxygens (including phenoxy) is 1. The van der Waals surface area contributed by atoms with Crippen LogP contribution in [0.25, 0.3) is 0 Å². The summed E-state index contributed by atoms with van der Waals surface area (Å²) >= 11 is 3.47. The highest BCUT2D eigenvalue weighted by molar-refractivity contribution is 9.10. The number of amides is 2. The number of hydrogen-bond donors (Lipinski definition) is 0. The lowest BCUT2D eigenvalue weighted by Gasteiger charge is -2.28. The molecule has 0 unspecified atom stereocenters. The third-order valence-corrected chi connectivity index (χ3v) is 6.43. The first-order valence-electron chi connectivity index (χ1n) is 11.0. The van der Waals surface area contributed by atoms with Gasteiger partial charge in [0.15, 0.2) is 6.10 Å². The van der Waals surface area contributed by atoms with E-state index in [-0.39, 0.29) is 11.8 Å². The Morgan fingerprint density at radius 1 is 0.879 bits per heavy atom. The van der Waals surface area contributed by atoms with Gasteiger partial charge in [0, 0.05) is 4.47 Å². The number of nitrogens with zero attached hydrogens (tertiary/aromatic N) is 2. The monoisotopic (exact) mass is 506 g/mol. The van der Waals surface area contributed by atoms with Crippen molar-refractivity contribution in [3.63, 3.8) is 0 Å². The van der Waals surface area contributed by atoms with Crippen molar-refractivity contribution in [2.75, 3.05) is 16.6 Å². The first-order valence-corrected chi connectivity index (χ1v) is 11.7. The van der Waals surface area contributed by atoms with Crippen LogP contribution in [0.15, 0.2) is 83.3 Å². The van der Waals surface area contributed by atoms with E-state index in [9.17, 15) is 9.59 Å². The van der Waals surface area contributed by atoms with Gasteiger partial charge in [-0.25, -0.2) is 9.96 Å². The van der Waals surface area contributed by atoms with Gasteiger partial charge in [-0.1, -0.05) is 53.2 Å². The normalized spacial score (nSPS) is 22.1. The van der Waals surface area contributed by atoms with Crippen LogP contribution in [0.1, 0.15) is 24.9 Å². The van der Waals surface area contributed by atoms with E-state index in [1.807, 2.05) is 61.5 Å². The number of anilines is 2. The fourth-order valence-corrected chi connectivity index (χ4v) is 4.64. The molecule has 0 N–H and O–H groups in total. The van der Waals surface area contributed by atoms with Gasteiger partial charge in [-0.3, -0.25) is 14.4 Å². The fraction of sp³-hybridized carbons (Fsp3) is 0.231. The Balaban J connectivity index is 1.49. The second-order valence-corrected chi connectivity index (χ2v) is 8.98. The molecule has 0 spiro atoms. The van der Waals surface area contributed by atoms with Crippen LogP contribution in [0.2, 0.25) is 0 Å². The van der Waals surface area contributed by atoms with Gasteiger partial charge >= 0.3 is 0 Å². The second kappa shape index (κ2) is 9.00. The number of para-hydroxylation sites is 1. The number of halogens is 1. The Morgan fingerprint density at radius 2 is 1.58 bits per heavy atom. The molecule has 168 valence electrons. The Kier molecular flexibility index (Phi) is 5.91. The van der Waals surface area contributed by atoms with Gasteiger partial charge in [0.1, 0.15) is 11.7 Å². The molecule has 0 radical (unpaired) electrons. The van der Waals surface area contributed by atoms with Crippen molar-refractivity contribution in [3.05, 3.63) is 88.9 Å². The first-order chi connectivity index (χ1) is 16.1. The van der Waals surface area contributed by atoms with Gasteiger partial charge in [-0.05, 0) is 60.5 Å². The number of benzene rings is 3. The summed E-state index contributed by atoms with van der Waals surface area (Å²) in [5.41, 5.74) is 2.22. The molecule has 0 aromatic heterocycles. The summed E-state index contributed by atoms with van der Waals surface area (Å²) in [5, 5.41) is 1.70. The third-order valence-electron chi connectivity index (χ3n) is 5.91. The van der Waals surface area contributed by atoms with Crippen LogP contribution in [0.3, 0.4) is 0 Å². The number of imide groups is 1. The quantitative estimate of drug-likeness (QED) is 0.425. The highest BCUT2D eigenvalue weighted by Gasteiger charge is 2.60. The van der Waals surface area contributed by atoms with E-state index < -0.39 is 18.1 Å². The summed E-state index contributed by atoms with van der Waals surface area (Å²) in [7, 11) is 0. The molecule has 0 aliphatic carbocycles. The van der Waals surface area contributed by atoms with E-state index in [2.05, 4.69) is 15.9 Å². The van der Waals surface area contributed by atoms with E-state index >= 15 is 0 Å². The summed E-state index contributed by atoms with van der Waals surface area (Å²) in [6, 6.07) is 23.9. The highest BCUT2D eigenvalue weighted by Crippen LogP contribution is 2.47. The molecule has 3 aromatic carbocycles. The zero-order valence-electron chi connectivity index (χ0n) is 18.1. The first kappa shape index (κ1) is 21.7. The van der Waals surface area contributed by atoms with E-state index in [1.165, 1.54) is 4.90 Å². The average molecular weight is 507 g/mol. The van der Waals surface area contributed by atoms with Gasteiger partial charge in [0.05, 0.1) is 24.0 Å². The molecule has 2 fully saturated rings. The van der Waals surface area contributed by atoms with Crippen LogP contribution in [-0.4, -0.2) is 24.5 Å². The van der Waals surface area contributed by atoms with Crippen molar-refractivity contribution in [2.45, 2.75) is 25.5 Å². The Labute approximate surface area is 200 Å². The van der Waals surface area contributed by atoms with Crippen molar-refractivity contribution in [3.8, 4) is 5.75 Å². The molecular formula is C26H23BrN2O4. The summed E-state index contributed by atoms with van der Waals surface area (Å²) in [6.07, 6.45) is 0.0170. The van der Waals surface area contributed by atoms with E-state index in [4.69, 9.17) is 9.57 Å². The molecule has 2 aliphatic rings. The van der Waals surface area contributed by atoms with Gasteiger partial charge in [0.2, 0.25) is 5.91 Å². The SMILES string of the molecule is CCCOc1ccc(N2C(=O)[C@H]3[C@H](ON(c4ccccc4)[C@@H]3c3ccc(Br)cc3)C2=O)cc1. The lowest BCUT2D eigenvalue weighted by molar-refractivity contribution is -0.126. The van der Waals surface area contributed by atoms with Crippen molar-refractivity contribution in [1.82, 2.24) is 0 Å². The van der Waals surface area contributed by atoms with Crippen molar-refractivity contribution in [2.24, 2.45) is 5.92 Å². The minimum Gasteiger partial charge on any atom is -0.494 e. The number of carbonyl (C=O) groups excluding carboxylic acids is 2. The van der Waals surface area contributed by atoms with Gasteiger partial charge < -0.3 is 4.74 Å². The van der Waals surface area contributed by atoms with Crippen LogP contribution in [0.4, 0.5) is 11.4 Å². The maximum Gasteiger partial charge on any atom is 0.266 e. The van der Waals surface area contributed by atoms with Crippen molar-refractivity contribution < 1.29 is 19.2 Å². The molecule has 3 atom stereocenters. The Morgan fingerprint density at radius 3 is 2.24 bits per heavy atom. The van der Waals surface area contributed by atoms with E-state index in [0.717, 1.165) is 22.1 Å². The van der Waals surface area contributed by atoms with Crippen molar-refractivity contribution in [1.29, 1.82) is 0 Å². The predicted molar refractivity (Wildman–Crippen MR) is 129 cm³/mol. The molecule has 3 aromatic rings. The van der Waals surface area contributed by atoms with Gasteiger partial charge in [-0.15, -0.1) is 0 Å². The fourth-order valence-electron chi connectivity index (χ4n) is 4.38. The second-order valence-electron chi connectivity index (χ2n) is 8.06. The number of rotatable bonds is 6. The lowest BCUT2D eigenvalue weighted by atomic mass is 9.90. The minimum absolute atomic E-state index is 0.265. The number of carbonyl (C=O) groups is 2. The molecule has 0 bridgehead atoms. The molecule has 2 amide bonds. The Bertz CT molecular complexity index is 1150. The van der Waals surface area contributed by atoms with E-state index in [1.54, 1.807) is 29.3 Å². The predicted octanol–water partition coefficient (Wildman–Crippen LogP) is 5.29. The zero-order valence-corrected chi connectivity index (χ0v) is 19.6. The molecule has 2 heterocycles. The van der Waals surface area contributed by atoms with Crippen LogP contribution >= 0.6 is 15.9 Å². The highest BCUT2D eigenvalue weighted by atomic mass is 79.9. The standard InChI is InChI=1S/C26H23BrN2O4/c1-2-16-32-21-14-12-19(13-15-21)28-25(30)22-23(17-8-10-18(27)11-9-17)29(33-24(22)26(28)31)20-6-4-3-5-7-20/h3-15,22-24H,2,16H2,1H3/t22-,23-,24+/m1/s1. The van der Waals surface area contributed by atoms with Crippen molar-refractivity contribution >= 4 is 39.1 Å². The number of hydrogen-bond acceptors (Lipinski definition) is 5. The molecule has 0 saturated carbocycles. The van der Waals surface area contributed by atoms with Crippen LogP contribution < -0.4 is 14.7 Å². The number of fused-ring (bicyclic) bond motifs is 1. The van der Waals surface area contributed by atoms with Gasteiger partial charge in [0.25, 0.3) is 5.91 Å². The molecule has 5 rings (SSSR count). The third kappa shape index (κ3) is 3.92. The van der Waals surface area contributed by atoms with E-state index in [0.29, 0.717) is 18.0 Å². The van der Waals surface area contributed by atoms with Crippen LogP contribution in [0.5, 0.6) is 5.75 Å². The smallest absolute Gasteiger partial charge is 0.266 e. The average Bonchev–Trinajstić information content (AvgIpc) is 3.35. The zero-order chi connectivity index (χ0) is 22.9. The summed E-state index contributed by atoms with van der Waals surface area (Å²) < 4.78 is 6.56. The molecule has 6 nitrogen and oxygen atoms in total. The summed E-state index contributed by atoms with van der Waals surface area (Å²) in [6.45, 7) is 2.65. The summed E-state index contributed by atoms with van der Waals surface area (Å²) in [4.78, 5) is 34.4. The van der Waals surface area contributed by atoms with Gasteiger partial charge in [-0.2, -0.15) is 0 Å². The Hall–Kier alpha value is -3.16. The maximum atomic E-state index is 13.6. The van der Waals surface area contributed by atoms with Crippen LogP contribution in [-0.2, 0) is 14.4 Å².